The van der Waals surface area contributed by atoms with E-state index >= 15 is 0 Å². The SMILES string of the molecule is CN1CCC(NC(=O)[C@@H]2CCCN(Cc3ccccc3Cl)C2)CC1. The van der Waals surface area contributed by atoms with Gasteiger partial charge in [0.15, 0.2) is 0 Å². The number of hydrogen-bond donors (Lipinski definition) is 1. The van der Waals surface area contributed by atoms with E-state index < -0.39 is 0 Å². The Hall–Kier alpha value is -1.10. The second kappa shape index (κ2) is 8.32. The highest BCUT2D eigenvalue weighted by Crippen LogP contribution is 2.22. The third kappa shape index (κ3) is 4.71. The second-order valence-electron chi connectivity index (χ2n) is 7.25. The van der Waals surface area contributed by atoms with E-state index in [9.17, 15) is 4.79 Å². The molecule has 1 N–H and O–H groups in total. The van der Waals surface area contributed by atoms with Crippen LogP contribution in [0, 0.1) is 5.92 Å². The molecule has 132 valence electrons. The van der Waals surface area contributed by atoms with Crippen LogP contribution in [-0.2, 0) is 11.3 Å². The lowest BCUT2D eigenvalue weighted by Crippen LogP contribution is -2.48. The molecular formula is C19H28ClN3O. The van der Waals surface area contributed by atoms with E-state index in [0.717, 1.165) is 69.0 Å². The van der Waals surface area contributed by atoms with Crippen LogP contribution in [0.5, 0.6) is 0 Å². The highest BCUT2D eigenvalue weighted by Gasteiger charge is 2.28. The Bertz CT molecular complexity index is 557. The molecule has 0 aromatic heterocycles. The van der Waals surface area contributed by atoms with Crippen LogP contribution in [-0.4, -0.2) is 55.0 Å². The summed E-state index contributed by atoms with van der Waals surface area (Å²) in [6.45, 7) is 4.87. The summed E-state index contributed by atoms with van der Waals surface area (Å²) in [7, 11) is 2.14. The first-order valence-corrected chi connectivity index (χ1v) is 9.44. The fraction of sp³-hybridized carbons (Fsp3) is 0.632. The molecule has 2 saturated heterocycles. The number of nitrogens with zero attached hydrogens (tertiary/aromatic N) is 2. The molecule has 1 amide bonds. The van der Waals surface area contributed by atoms with Gasteiger partial charge in [0.1, 0.15) is 0 Å². The van der Waals surface area contributed by atoms with E-state index in [4.69, 9.17) is 11.6 Å². The van der Waals surface area contributed by atoms with Gasteiger partial charge >= 0.3 is 0 Å². The van der Waals surface area contributed by atoms with Gasteiger partial charge in [-0.05, 0) is 64.0 Å². The van der Waals surface area contributed by atoms with Crippen LogP contribution >= 0.6 is 11.6 Å². The molecular weight excluding hydrogens is 322 g/mol. The fourth-order valence-corrected chi connectivity index (χ4v) is 3.95. The smallest absolute Gasteiger partial charge is 0.224 e. The largest absolute Gasteiger partial charge is 0.353 e. The zero-order valence-corrected chi connectivity index (χ0v) is 15.3. The van der Waals surface area contributed by atoms with E-state index in [1.54, 1.807) is 0 Å². The molecule has 0 aliphatic carbocycles. The maximum absolute atomic E-state index is 12.6. The fourth-order valence-electron chi connectivity index (χ4n) is 3.75. The van der Waals surface area contributed by atoms with Crippen molar-refractivity contribution in [2.75, 3.05) is 33.2 Å². The van der Waals surface area contributed by atoms with Gasteiger partial charge in [-0.2, -0.15) is 0 Å². The van der Waals surface area contributed by atoms with E-state index in [1.807, 2.05) is 18.2 Å². The van der Waals surface area contributed by atoms with Crippen LogP contribution in [0.3, 0.4) is 0 Å². The van der Waals surface area contributed by atoms with Gasteiger partial charge < -0.3 is 10.2 Å². The molecule has 0 unspecified atom stereocenters. The minimum Gasteiger partial charge on any atom is -0.353 e. The number of carbonyl (C=O) groups is 1. The third-order valence-electron chi connectivity index (χ3n) is 5.29. The summed E-state index contributed by atoms with van der Waals surface area (Å²) >= 11 is 6.27. The Morgan fingerprint density at radius 3 is 2.71 bits per heavy atom. The molecule has 0 radical (unpaired) electrons. The normalized spacial score (nSPS) is 24.0. The van der Waals surface area contributed by atoms with E-state index in [2.05, 4.69) is 28.2 Å². The van der Waals surface area contributed by atoms with Crippen molar-refractivity contribution in [1.29, 1.82) is 0 Å². The molecule has 4 nitrogen and oxygen atoms in total. The molecule has 0 bridgehead atoms. The maximum Gasteiger partial charge on any atom is 0.224 e. The van der Waals surface area contributed by atoms with Crippen LogP contribution in [0.25, 0.3) is 0 Å². The summed E-state index contributed by atoms with van der Waals surface area (Å²) in [6.07, 6.45) is 4.21. The molecule has 2 fully saturated rings. The summed E-state index contributed by atoms with van der Waals surface area (Å²) in [4.78, 5) is 17.3. The molecule has 2 heterocycles. The third-order valence-corrected chi connectivity index (χ3v) is 5.66. The molecule has 5 heteroatoms. The van der Waals surface area contributed by atoms with Crippen LogP contribution in [0.15, 0.2) is 24.3 Å². The average Bonchev–Trinajstić information content (AvgIpc) is 2.59. The number of nitrogens with one attached hydrogen (secondary N) is 1. The van der Waals surface area contributed by atoms with Crippen LogP contribution in [0.4, 0.5) is 0 Å². The predicted molar refractivity (Wildman–Crippen MR) is 98.1 cm³/mol. The van der Waals surface area contributed by atoms with Crippen molar-refractivity contribution in [3.8, 4) is 0 Å². The first-order chi connectivity index (χ1) is 11.6. The summed E-state index contributed by atoms with van der Waals surface area (Å²) in [5.74, 6) is 0.356. The Morgan fingerprint density at radius 2 is 1.96 bits per heavy atom. The standard InChI is InChI=1S/C19H28ClN3O/c1-22-11-8-17(9-12-22)21-19(24)16-6-4-10-23(14-16)13-15-5-2-3-7-18(15)20/h2-3,5,7,16-17H,4,6,8-14H2,1H3,(H,21,24)/t16-/m1/s1. The van der Waals surface area contributed by atoms with Crippen molar-refractivity contribution in [3.05, 3.63) is 34.9 Å². The molecule has 1 aromatic carbocycles. The summed E-state index contributed by atoms with van der Waals surface area (Å²) in [6, 6.07) is 8.35. The van der Waals surface area contributed by atoms with Crippen molar-refractivity contribution in [3.63, 3.8) is 0 Å². The van der Waals surface area contributed by atoms with Gasteiger partial charge in [-0.3, -0.25) is 9.69 Å². The topological polar surface area (TPSA) is 35.6 Å². The highest BCUT2D eigenvalue weighted by molar-refractivity contribution is 6.31. The molecule has 0 saturated carbocycles. The Kier molecular flexibility index (Phi) is 6.14. The number of amides is 1. The maximum atomic E-state index is 12.6. The lowest BCUT2D eigenvalue weighted by atomic mass is 9.95. The number of halogens is 1. The van der Waals surface area contributed by atoms with Gasteiger partial charge in [-0.1, -0.05) is 29.8 Å². The molecule has 2 aliphatic heterocycles. The predicted octanol–water partition coefficient (Wildman–Crippen LogP) is 2.76. The molecule has 24 heavy (non-hydrogen) atoms. The van der Waals surface area contributed by atoms with Crippen molar-refractivity contribution in [2.24, 2.45) is 5.92 Å². The van der Waals surface area contributed by atoms with Gasteiger partial charge in [0.05, 0.1) is 5.92 Å². The quantitative estimate of drug-likeness (QED) is 0.907. The van der Waals surface area contributed by atoms with Gasteiger partial charge in [0, 0.05) is 24.2 Å². The van der Waals surface area contributed by atoms with Gasteiger partial charge in [0.25, 0.3) is 0 Å². The van der Waals surface area contributed by atoms with Crippen molar-refractivity contribution in [1.82, 2.24) is 15.1 Å². The minimum absolute atomic E-state index is 0.112. The first-order valence-electron chi connectivity index (χ1n) is 9.06. The number of rotatable bonds is 4. The molecule has 3 rings (SSSR count). The molecule has 0 spiro atoms. The Balaban J connectivity index is 1.51. The van der Waals surface area contributed by atoms with E-state index in [0.29, 0.717) is 6.04 Å². The highest BCUT2D eigenvalue weighted by atomic mass is 35.5. The summed E-state index contributed by atoms with van der Waals surface area (Å²) in [5, 5.41) is 4.10. The monoisotopic (exact) mass is 349 g/mol. The summed E-state index contributed by atoms with van der Waals surface area (Å²) < 4.78 is 0. The van der Waals surface area contributed by atoms with Crippen LogP contribution < -0.4 is 5.32 Å². The number of likely N-dealkylation sites (tertiary alicyclic amines) is 2. The zero-order valence-electron chi connectivity index (χ0n) is 14.5. The van der Waals surface area contributed by atoms with Crippen molar-refractivity contribution < 1.29 is 4.79 Å². The Labute approximate surface area is 150 Å². The number of piperidine rings is 2. The zero-order chi connectivity index (χ0) is 16.9. The molecule has 1 atom stereocenters. The van der Waals surface area contributed by atoms with Crippen molar-refractivity contribution in [2.45, 2.75) is 38.3 Å². The van der Waals surface area contributed by atoms with E-state index in [1.165, 1.54) is 0 Å². The number of benzene rings is 1. The lowest BCUT2D eigenvalue weighted by molar-refractivity contribution is -0.127. The van der Waals surface area contributed by atoms with Crippen LogP contribution in [0.2, 0.25) is 5.02 Å². The lowest BCUT2D eigenvalue weighted by Gasteiger charge is -2.34. The number of carbonyl (C=O) groups excluding carboxylic acids is 1. The van der Waals surface area contributed by atoms with Gasteiger partial charge in [-0.25, -0.2) is 0 Å². The summed E-state index contributed by atoms with van der Waals surface area (Å²) in [5.41, 5.74) is 1.15. The number of hydrogen-bond acceptors (Lipinski definition) is 3. The van der Waals surface area contributed by atoms with Gasteiger partial charge in [-0.15, -0.1) is 0 Å². The molecule has 1 aromatic rings. The second-order valence-corrected chi connectivity index (χ2v) is 7.66. The first kappa shape index (κ1) is 17.7. The van der Waals surface area contributed by atoms with E-state index in [-0.39, 0.29) is 11.8 Å². The Morgan fingerprint density at radius 1 is 1.21 bits per heavy atom. The van der Waals surface area contributed by atoms with Gasteiger partial charge in [0.2, 0.25) is 5.91 Å². The van der Waals surface area contributed by atoms with Crippen LogP contribution in [0.1, 0.15) is 31.2 Å². The average molecular weight is 350 g/mol. The van der Waals surface area contributed by atoms with Crippen molar-refractivity contribution >= 4 is 17.5 Å². The minimum atomic E-state index is 0.112. The molecule has 2 aliphatic rings.